The van der Waals surface area contributed by atoms with Crippen LogP contribution in [-0.4, -0.2) is 15.8 Å². The molecule has 0 saturated carbocycles. The number of hydrogen-bond donors (Lipinski definition) is 2. The van der Waals surface area contributed by atoms with E-state index in [4.69, 9.17) is 5.73 Å². The van der Waals surface area contributed by atoms with Crippen LogP contribution in [0, 0.1) is 0 Å². The van der Waals surface area contributed by atoms with Crippen molar-refractivity contribution in [2.75, 3.05) is 0 Å². The maximum Gasteiger partial charge on any atom is 0.141 e. The molecule has 0 unspecified atom stereocenters. The SMILES string of the molecule is NC(=Nc1ccc(-c2ncc[nH]2)cc1)c1cccs1. The van der Waals surface area contributed by atoms with Crippen molar-refractivity contribution < 1.29 is 0 Å². The van der Waals surface area contributed by atoms with Crippen molar-refractivity contribution in [1.82, 2.24) is 9.97 Å². The Morgan fingerprint density at radius 2 is 2.05 bits per heavy atom. The molecule has 0 atom stereocenters. The normalized spacial score (nSPS) is 11.7. The van der Waals surface area contributed by atoms with E-state index >= 15 is 0 Å². The molecule has 0 aliphatic heterocycles. The Hall–Kier alpha value is -2.40. The van der Waals surface area contributed by atoms with Crippen molar-refractivity contribution in [2.24, 2.45) is 10.7 Å². The van der Waals surface area contributed by atoms with Gasteiger partial charge < -0.3 is 10.7 Å². The highest BCUT2D eigenvalue weighted by Crippen LogP contribution is 2.20. The second kappa shape index (κ2) is 5.07. The quantitative estimate of drug-likeness (QED) is 0.566. The summed E-state index contributed by atoms with van der Waals surface area (Å²) >= 11 is 1.58. The Labute approximate surface area is 114 Å². The van der Waals surface area contributed by atoms with Gasteiger partial charge in [-0.1, -0.05) is 6.07 Å². The van der Waals surface area contributed by atoms with Crippen LogP contribution in [0.5, 0.6) is 0 Å². The molecule has 0 aliphatic rings. The van der Waals surface area contributed by atoms with Gasteiger partial charge in [0.05, 0.1) is 10.6 Å². The molecular formula is C14H12N4S. The van der Waals surface area contributed by atoms with E-state index in [2.05, 4.69) is 15.0 Å². The number of nitrogens with zero attached hydrogens (tertiary/aromatic N) is 2. The fraction of sp³-hybridized carbons (Fsp3) is 0. The molecule has 94 valence electrons. The molecule has 0 amide bonds. The number of nitrogens with one attached hydrogen (secondary N) is 1. The lowest BCUT2D eigenvalue weighted by molar-refractivity contribution is 1.31. The third-order valence-electron chi connectivity index (χ3n) is 2.66. The van der Waals surface area contributed by atoms with Crippen LogP contribution in [0.25, 0.3) is 11.4 Å². The smallest absolute Gasteiger partial charge is 0.141 e. The van der Waals surface area contributed by atoms with Crippen molar-refractivity contribution >= 4 is 22.9 Å². The average molecular weight is 268 g/mol. The monoisotopic (exact) mass is 268 g/mol. The molecule has 0 aliphatic carbocycles. The first-order valence-electron chi connectivity index (χ1n) is 5.81. The summed E-state index contributed by atoms with van der Waals surface area (Å²) in [5.74, 6) is 1.39. The van der Waals surface area contributed by atoms with Crippen LogP contribution in [-0.2, 0) is 0 Å². The van der Waals surface area contributed by atoms with Crippen molar-refractivity contribution in [1.29, 1.82) is 0 Å². The highest BCUT2D eigenvalue weighted by atomic mass is 32.1. The summed E-state index contributed by atoms with van der Waals surface area (Å²) in [5, 5.41) is 1.98. The number of aromatic amines is 1. The molecule has 19 heavy (non-hydrogen) atoms. The van der Waals surface area contributed by atoms with Crippen molar-refractivity contribution in [2.45, 2.75) is 0 Å². The van der Waals surface area contributed by atoms with Crippen LogP contribution >= 0.6 is 11.3 Å². The van der Waals surface area contributed by atoms with Gasteiger partial charge in [0, 0.05) is 18.0 Å². The Morgan fingerprint density at radius 3 is 2.68 bits per heavy atom. The summed E-state index contributed by atoms with van der Waals surface area (Å²) in [5.41, 5.74) is 7.81. The Balaban J connectivity index is 1.85. The standard InChI is InChI=1S/C14H12N4S/c15-13(12-2-1-9-19-12)18-11-5-3-10(4-6-11)14-16-7-8-17-14/h1-9H,(H2,15,18)(H,16,17). The molecule has 4 nitrogen and oxygen atoms in total. The van der Waals surface area contributed by atoms with Gasteiger partial charge in [0.2, 0.25) is 0 Å². The molecule has 0 bridgehead atoms. The topological polar surface area (TPSA) is 67.1 Å². The minimum absolute atomic E-state index is 0.542. The average Bonchev–Trinajstić information content (AvgIpc) is 3.13. The van der Waals surface area contributed by atoms with E-state index in [0.717, 1.165) is 22.0 Å². The van der Waals surface area contributed by atoms with Crippen LogP contribution in [0.4, 0.5) is 5.69 Å². The van der Waals surface area contributed by atoms with E-state index in [1.165, 1.54) is 0 Å². The molecule has 0 radical (unpaired) electrons. The van der Waals surface area contributed by atoms with E-state index in [9.17, 15) is 0 Å². The minimum Gasteiger partial charge on any atom is -0.383 e. The highest BCUT2D eigenvalue weighted by molar-refractivity contribution is 7.12. The van der Waals surface area contributed by atoms with Crippen LogP contribution in [0.15, 0.2) is 59.2 Å². The Bertz CT molecular complexity index is 667. The van der Waals surface area contributed by atoms with Gasteiger partial charge in [0.25, 0.3) is 0 Å². The third kappa shape index (κ3) is 2.56. The fourth-order valence-electron chi connectivity index (χ4n) is 1.74. The zero-order valence-corrected chi connectivity index (χ0v) is 10.9. The maximum absolute atomic E-state index is 5.95. The number of rotatable bonds is 3. The summed E-state index contributed by atoms with van der Waals surface area (Å²) in [4.78, 5) is 12.6. The lowest BCUT2D eigenvalue weighted by Crippen LogP contribution is -2.10. The summed E-state index contributed by atoms with van der Waals surface area (Å²) in [7, 11) is 0. The molecule has 0 fully saturated rings. The first kappa shape index (κ1) is 11.7. The van der Waals surface area contributed by atoms with Gasteiger partial charge in [-0.25, -0.2) is 9.98 Å². The van der Waals surface area contributed by atoms with Crippen molar-refractivity contribution in [3.63, 3.8) is 0 Å². The lowest BCUT2D eigenvalue weighted by atomic mass is 10.2. The van der Waals surface area contributed by atoms with Crippen LogP contribution < -0.4 is 5.73 Å². The minimum atomic E-state index is 0.542. The van der Waals surface area contributed by atoms with Crippen molar-refractivity contribution in [3.05, 3.63) is 59.0 Å². The fourth-order valence-corrected chi connectivity index (χ4v) is 2.36. The zero-order valence-electron chi connectivity index (χ0n) is 10.1. The number of hydrogen-bond acceptors (Lipinski definition) is 3. The van der Waals surface area contributed by atoms with Gasteiger partial charge in [-0.05, 0) is 35.7 Å². The molecule has 3 aromatic rings. The number of aliphatic imine (C=N–C) groups is 1. The lowest BCUT2D eigenvalue weighted by Gasteiger charge is -2.00. The number of thiophene rings is 1. The molecule has 2 heterocycles. The van der Waals surface area contributed by atoms with Gasteiger partial charge in [0.15, 0.2) is 0 Å². The Kier molecular flexibility index (Phi) is 3.12. The molecular weight excluding hydrogens is 256 g/mol. The van der Waals surface area contributed by atoms with Gasteiger partial charge >= 0.3 is 0 Å². The summed E-state index contributed by atoms with van der Waals surface area (Å²) in [6, 6.07) is 11.7. The van der Waals surface area contributed by atoms with E-state index < -0.39 is 0 Å². The summed E-state index contributed by atoms with van der Waals surface area (Å²) in [6.07, 6.45) is 3.53. The first-order chi connectivity index (χ1) is 9.33. The number of H-pyrrole nitrogens is 1. The molecule has 3 N–H and O–H groups in total. The number of aromatic nitrogens is 2. The van der Waals surface area contributed by atoms with Crippen LogP contribution in [0.3, 0.4) is 0 Å². The van der Waals surface area contributed by atoms with E-state index in [0.29, 0.717) is 5.84 Å². The van der Waals surface area contributed by atoms with Gasteiger partial charge in [-0.3, -0.25) is 0 Å². The van der Waals surface area contributed by atoms with E-state index in [-0.39, 0.29) is 0 Å². The molecule has 3 rings (SSSR count). The number of amidine groups is 1. The molecule has 0 spiro atoms. The number of imidazole rings is 1. The Morgan fingerprint density at radius 1 is 1.21 bits per heavy atom. The van der Waals surface area contributed by atoms with Gasteiger partial charge in [0.1, 0.15) is 11.7 Å². The first-order valence-corrected chi connectivity index (χ1v) is 6.69. The molecule has 5 heteroatoms. The second-order valence-corrected chi connectivity index (χ2v) is 4.91. The highest BCUT2D eigenvalue weighted by Gasteiger charge is 2.01. The largest absolute Gasteiger partial charge is 0.383 e. The maximum atomic E-state index is 5.95. The third-order valence-corrected chi connectivity index (χ3v) is 3.55. The van der Waals surface area contributed by atoms with Crippen molar-refractivity contribution in [3.8, 4) is 11.4 Å². The zero-order chi connectivity index (χ0) is 13.1. The number of benzene rings is 1. The predicted molar refractivity (Wildman–Crippen MR) is 78.7 cm³/mol. The van der Waals surface area contributed by atoms with E-state index in [1.807, 2.05) is 41.8 Å². The molecule has 2 aromatic heterocycles. The van der Waals surface area contributed by atoms with Crippen LogP contribution in [0.2, 0.25) is 0 Å². The molecule has 1 aromatic carbocycles. The predicted octanol–water partition coefficient (Wildman–Crippen LogP) is 3.18. The summed E-state index contributed by atoms with van der Waals surface area (Å²) in [6.45, 7) is 0. The van der Waals surface area contributed by atoms with Crippen LogP contribution in [0.1, 0.15) is 4.88 Å². The number of nitrogens with two attached hydrogens (primary N) is 1. The second-order valence-electron chi connectivity index (χ2n) is 3.96. The van der Waals surface area contributed by atoms with E-state index in [1.54, 1.807) is 23.7 Å². The van der Waals surface area contributed by atoms with Gasteiger partial charge in [-0.15, -0.1) is 11.3 Å². The summed E-state index contributed by atoms with van der Waals surface area (Å²) < 4.78 is 0. The van der Waals surface area contributed by atoms with Gasteiger partial charge in [-0.2, -0.15) is 0 Å². The molecule has 0 saturated heterocycles.